The zero-order valence-corrected chi connectivity index (χ0v) is 11.5. The molecular formula is C16H16N4. The molecule has 0 spiro atoms. The van der Waals surface area contributed by atoms with E-state index in [1.54, 1.807) is 6.21 Å². The lowest BCUT2D eigenvalue weighted by atomic mass is 10.3. The number of rotatable bonds is 3. The molecule has 100 valence electrons. The Balaban J connectivity index is 2.00. The molecule has 0 fully saturated rings. The normalized spacial score (nSPS) is 11.3. The SMILES string of the molecule is CNc1ccccc1N=Cc1nc2ccccc2n1C. The number of aliphatic imine (C=N–C) groups is 1. The molecule has 0 aliphatic carbocycles. The number of nitrogens with one attached hydrogen (secondary N) is 1. The van der Waals surface area contributed by atoms with Crippen LogP contribution in [-0.4, -0.2) is 22.8 Å². The molecule has 2 aromatic carbocycles. The van der Waals surface area contributed by atoms with E-state index in [2.05, 4.69) is 21.4 Å². The van der Waals surface area contributed by atoms with Gasteiger partial charge in [-0.3, -0.25) is 4.99 Å². The second-order valence-corrected chi connectivity index (χ2v) is 4.54. The van der Waals surface area contributed by atoms with Crippen LogP contribution in [0.25, 0.3) is 11.0 Å². The van der Waals surface area contributed by atoms with E-state index < -0.39 is 0 Å². The van der Waals surface area contributed by atoms with Gasteiger partial charge in [-0.05, 0) is 24.3 Å². The first-order valence-electron chi connectivity index (χ1n) is 6.52. The first-order chi connectivity index (χ1) is 9.79. The summed E-state index contributed by atoms with van der Waals surface area (Å²) in [7, 11) is 3.89. The highest BCUT2D eigenvalue weighted by atomic mass is 15.1. The van der Waals surface area contributed by atoms with E-state index in [0.29, 0.717) is 0 Å². The highest BCUT2D eigenvalue weighted by molar-refractivity contribution is 5.87. The minimum Gasteiger partial charge on any atom is -0.386 e. The van der Waals surface area contributed by atoms with E-state index in [1.165, 1.54) is 0 Å². The Morgan fingerprint density at radius 1 is 1.10 bits per heavy atom. The van der Waals surface area contributed by atoms with E-state index in [0.717, 1.165) is 28.2 Å². The van der Waals surface area contributed by atoms with Gasteiger partial charge in [0.15, 0.2) is 5.82 Å². The lowest BCUT2D eigenvalue weighted by Crippen LogP contribution is -1.96. The maximum atomic E-state index is 4.58. The van der Waals surface area contributed by atoms with E-state index in [4.69, 9.17) is 0 Å². The molecule has 0 atom stereocenters. The number of benzene rings is 2. The van der Waals surface area contributed by atoms with Crippen LogP contribution in [-0.2, 0) is 7.05 Å². The van der Waals surface area contributed by atoms with E-state index in [1.807, 2.05) is 61.1 Å². The summed E-state index contributed by atoms with van der Waals surface area (Å²) >= 11 is 0. The minimum atomic E-state index is 0.845. The van der Waals surface area contributed by atoms with Crippen molar-refractivity contribution in [1.82, 2.24) is 9.55 Å². The third-order valence-electron chi connectivity index (χ3n) is 3.31. The molecule has 3 aromatic rings. The molecule has 4 heteroatoms. The van der Waals surface area contributed by atoms with Crippen molar-refractivity contribution in [3.8, 4) is 0 Å². The number of hydrogen-bond donors (Lipinski definition) is 1. The molecule has 1 N–H and O–H groups in total. The van der Waals surface area contributed by atoms with Crippen LogP contribution in [0.15, 0.2) is 53.5 Å². The molecule has 1 heterocycles. The van der Waals surface area contributed by atoms with Crippen LogP contribution >= 0.6 is 0 Å². The molecule has 4 nitrogen and oxygen atoms in total. The lowest BCUT2D eigenvalue weighted by Gasteiger charge is -2.03. The Kier molecular flexibility index (Phi) is 3.21. The van der Waals surface area contributed by atoms with Crippen molar-refractivity contribution in [3.05, 3.63) is 54.4 Å². The summed E-state index contributed by atoms with van der Waals surface area (Å²) in [5, 5.41) is 3.13. The van der Waals surface area contributed by atoms with Crippen molar-refractivity contribution < 1.29 is 0 Å². The number of aryl methyl sites for hydroxylation is 1. The van der Waals surface area contributed by atoms with Crippen LogP contribution in [0.1, 0.15) is 5.82 Å². The molecule has 0 aliphatic heterocycles. The molecule has 20 heavy (non-hydrogen) atoms. The standard InChI is InChI=1S/C16H16N4/c1-17-12-7-3-4-8-13(12)18-11-16-19-14-9-5-6-10-15(14)20(16)2/h3-11,17H,1-2H3. The van der Waals surface area contributed by atoms with Crippen molar-refractivity contribution in [2.24, 2.45) is 12.0 Å². The smallest absolute Gasteiger partial charge is 0.152 e. The highest BCUT2D eigenvalue weighted by Crippen LogP contribution is 2.23. The molecule has 0 aliphatic rings. The number of imidazole rings is 1. The first-order valence-corrected chi connectivity index (χ1v) is 6.52. The van der Waals surface area contributed by atoms with Crippen LogP contribution < -0.4 is 5.32 Å². The van der Waals surface area contributed by atoms with Gasteiger partial charge in [-0.25, -0.2) is 4.98 Å². The Labute approximate surface area is 117 Å². The van der Waals surface area contributed by atoms with Gasteiger partial charge in [-0.2, -0.15) is 0 Å². The molecule has 1 aromatic heterocycles. The third-order valence-corrected chi connectivity index (χ3v) is 3.31. The molecule has 3 rings (SSSR count). The Morgan fingerprint density at radius 2 is 1.85 bits per heavy atom. The molecule has 0 unspecified atom stereocenters. The zero-order valence-electron chi connectivity index (χ0n) is 11.5. The fourth-order valence-electron chi connectivity index (χ4n) is 2.20. The maximum Gasteiger partial charge on any atom is 0.152 e. The van der Waals surface area contributed by atoms with Gasteiger partial charge in [0.1, 0.15) is 0 Å². The number of anilines is 1. The van der Waals surface area contributed by atoms with E-state index in [9.17, 15) is 0 Å². The Bertz CT molecular complexity index is 771. The quantitative estimate of drug-likeness (QED) is 0.737. The second-order valence-electron chi connectivity index (χ2n) is 4.54. The largest absolute Gasteiger partial charge is 0.386 e. The Morgan fingerprint density at radius 3 is 2.65 bits per heavy atom. The predicted octanol–water partition coefficient (Wildman–Crippen LogP) is 3.37. The number of fused-ring (bicyclic) bond motifs is 1. The topological polar surface area (TPSA) is 42.2 Å². The highest BCUT2D eigenvalue weighted by Gasteiger charge is 2.04. The molecule has 0 saturated carbocycles. The summed E-state index contributed by atoms with van der Waals surface area (Å²) in [5.41, 5.74) is 4.00. The average molecular weight is 264 g/mol. The van der Waals surface area contributed by atoms with Crippen molar-refractivity contribution >= 4 is 28.6 Å². The Hall–Kier alpha value is -2.62. The van der Waals surface area contributed by atoms with Gasteiger partial charge in [-0.15, -0.1) is 0 Å². The third kappa shape index (κ3) is 2.16. The molecule has 0 saturated heterocycles. The van der Waals surface area contributed by atoms with Gasteiger partial charge >= 0.3 is 0 Å². The van der Waals surface area contributed by atoms with Crippen molar-refractivity contribution in [3.63, 3.8) is 0 Å². The fraction of sp³-hybridized carbons (Fsp3) is 0.125. The van der Waals surface area contributed by atoms with Crippen LogP contribution in [0, 0.1) is 0 Å². The van der Waals surface area contributed by atoms with Crippen molar-refractivity contribution in [2.75, 3.05) is 12.4 Å². The van der Waals surface area contributed by atoms with Gasteiger partial charge in [0.25, 0.3) is 0 Å². The van der Waals surface area contributed by atoms with Crippen LogP contribution in [0.5, 0.6) is 0 Å². The fourth-order valence-corrected chi connectivity index (χ4v) is 2.20. The molecule has 0 radical (unpaired) electrons. The lowest BCUT2D eigenvalue weighted by molar-refractivity contribution is 0.935. The van der Waals surface area contributed by atoms with Crippen LogP contribution in [0.3, 0.4) is 0 Å². The number of nitrogens with zero attached hydrogens (tertiary/aromatic N) is 3. The monoisotopic (exact) mass is 264 g/mol. The van der Waals surface area contributed by atoms with Crippen molar-refractivity contribution in [2.45, 2.75) is 0 Å². The summed E-state index contributed by atoms with van der Waals surface area (Å²) in [6.07, 6.45) is 1.80. The number of hydrogen-bond acceptors (Lipinski definition) is 3. The molecule has 0 bridgehead atoms. The van der Waals surface area contributed by atoms with Crippen molar-refractivity contribution in [1.29, 1.82) is 0 Å². The molecule has 0 amide bonds. The van der Waals surface area contributed by atoms with Crippen LogP contribution in [0.2, 0.25) is 0 Å². The summed E-state index contributed by atoms with van der Waals surface area (Å²) < 4.78 is 2.04. The molecular weight excluding hydrogens is 248 g/mol. The van der Waals surface area contributed by atoms with E-state index >= 15 is 0 Å². The average Bonchev–Trinajstić information content (AvgIpc) is 2.82. The summed E-state index contributed by atoms with van der Waals surface area (Å²) in [5.74, 6) is 0.845. The van der Waals surface area contributed by atoms with Gasteiger partial charge in [-0.1, -0.05) is 24.3 Å². The van der Waals surface area contributed by atoms with Gasteiger partial charge in [0.05, 0.1) is 28.6 Å². The maximum absolute atomic E-state index is 4.58. The number of para-hydroxylation sites is 4. The summed E-state index contributed by atoms with van der Waals surface area (Å²) in [4.78, 5) is 9.11. The predicted molar refractivity (Wildman–Crippen MR) is 84.0 cm³/mol. The summed E-state index contributed by atoms with van der Waals surface area (Å²) in [6, 6.07) is 16.0. The van der Waals surface area contributed by atoms with Gasteiger partial charge in [0, 0.05) is 14.1 Å². The van der Waals surface area contributed by atoms with Crippen LogP contribution in [0.4, 0.5) is 11.4 Å². The zero-order chi connectivity index (χ0) is 13.9. The van der Waals surface area contributed by atoms with Gasteiger partial charge in [0.2, 0.25) is 0 Å². The van der Waals surface area contributed by atoms with E-state index in [-0.39, 0.29) is 0 Å². The summed E-state index contributed by atoms with van der Waals surface area (Å²) in [6.45, 7) is 0. The van der Waals surface area contributed by atoms with Gasteiger partial charge < -0.3 is 9.88 Å². The second kappa shape index (κ2) is 5.17. The minimum absolute atomic E-state index is 0.845. The number of aromatic nitrogens is 2. The first kappa shape index (κ1) is 12.4.